The molecular formula is C22H21ClN2O3S. The minimum atomic E-state index is -0.874. The van der Waals surface area contributed by atoms with Crippen LogP contribution in [0.3, 0.4) is 0 Å². The molecule has 150 valence electrons. The molecule has 1 saturated heterocycles. The van der Waals surface area contributed by atoms with Gasteiger partial charge in [0.1, 0.15) is 11.1 Å². The minimum absolute atomic E-state index is 0.137. The van der Waals surface area contributed by atoms with E-state index in [0.717, 1.165) is 16.1 Å². The highest BCUT2D eigenvalue weighted by atomic mass is 35.5. The number of hydrogen-bond acceptors (Lipinski definition) is 5. The number of amides is 1. The van der Waals surface area contributed by atoms with Crippen molar-refractivity contribution in [2.24, 2.45) is 0 Å². The Hall–Kier alpha value is -2.25. The standard InChI is InChI=1S/C22H21ClN2O3S/c1-2-22(19-21(27)28-19,14-8-4-3-5-9-14)25-18(26)12-15-13-29-20(24-15)16-10-6-7-11-17(16)23/h3-11,13,19,21,27H,2,12H2,1H3,(H,25,26). The van der Waals surface area contributed by atoms with Crippen molar-refractivity contribution in [2.75, 3.05) is 0 Å². The van der Waals surface area contributed by atoms with Gasteiger partial charge >= 0.3 is 0 Å². The van der Waals surface area contributed by atoms with Gasteiger partial charge in [-0.25, -0.2) is 4.98 Å². The lowest BCUT2D eigenvalue weighted by atomic mass is 9.83. The van der Waals surface area contributed by atoms with Crippen LogP contribution >= 0.6 is 22.9 Å². The van der Waals surface area contributed by atoms with E-state index in [4.69, 9.17) is 16.3 Å². The maximum atomic E-state index is 12.9. The molecule has 2 heterocycles. The minimum Gasteiger partial charge on any atom is -0.366 e. The predicted octanol–water partition coefficient (Wildman–Crippen LogP) is 4.14. The molecule has 29 heavy (non-hydrogen) atoms. The number of rotatable bonds is 7. The Morgan fingerprint density at radius 1 is 1.24 bits per heavy atom. The van der Waals surface area contributed by atoms with Crippen LogP contribution in [0.4, 0.5) is 0 Å². The van der Waals surface area contributed by atoms with E-state index in [-0.39, 0.29) is 12.3 Å². The van der Waals surface area contributed by atoms with Crippen LogP contribution in [-0.4, -0.2) is 28.4 Å². The normalized spacial score (nSPS) is 20.1. The second-order valence-corrected chi connectivity index (χ2v) is 8.25. The Morgan fingerprint density at radius 3 is 2.59 bits per heavy atom. The number of thiazole rings is 1. The van der Waals surface area contributed by atoms with E-state index in [2.05, 4.69) is 10.3 Å². The van der Waals surface area contributed by atoms with Gasteiger partial charge < -0.3 is 15.2 Å². The molecule has 7 heteroatoms. The summed E-state index contributed by atoms with van der Waals surface area (Å²) in [7, 11) is 0. The van der Waals surface area contributed by atoms with Gasteiger partial charge in [-0.1, -0.05) is 67.1 Å². The Morgan fingerprint density at radius 2 is 1.93 bits per heavy atom. The molecule has 5 nitrogen and oxygen atoms in total. The second kappa shape index (κ2) is 8.24. The summed E-state index contributed by atoms with van der Waals surface area (Å²) in [6.07, 6.45) is -0.611. The molecule has 0 bridgehead atoms. The first-order valence-corrected chi connectivity index (χ1v) is 10.7. The van der Waals surface area contributed by atoms with Crippen LogP contribution in [0.15, 0.2) is 60.0 Å². The Labute approximate surface area is 178 Å². The van der Waals surface area contributed by atoms with Crippen molar-refractivity contribution in [2.45, 2.75) is 37.7 Å². The fourth-order valence-corrected chi connectivity index (χ4v) is 4.75. The summed E-state index contributed by atoms with van der Waals surface area (Å²) in [6.45, 7) is 1.97. The zero-order chi connectivity index (χ0) is 20.4. The number of aliphatic hydroxyl groups excluding tert-OH is 1. The molecule has 2 N–H and O–H groups in total. The fraction of sp³-hybridized carbons (Fsp3) is 0.273. The second-order valence-electron chi connectivity index (χ2n) is 6.99. The third-order valence-corrected chi connectivity index (χ3v) is 6.41. The van der Waals surface area contributed by atoms with Gasteiger partial charge in [-0.15, -0.1) is 11.3 Å². The van der Waals surface area contributed by atoms with Crippen LogP contribution in [0.1, 0.15) is 24.6 Å². The van der Waals surface area contributed by atoms with Gasteiger partial charge in [0.25, 0.3) is 0 Å². The van der Waals surface area contributed by atoms with Gasteiger partial charge in [0.2, 0.25) is 5.91 Å². The van der Waals surface area contributed by atoms with Crippen molar-refractivity contribution in [3.05, 3.63) is 76.3 Å². The Bertz CT molecular complexity index is 1010. The number of aromatic nitrogens is 1. The van der Waals surface area contributed by atoms with Gasteiger partial charge in [0.15, 0.2) is 6.29 Å². The van der Waals surface area contributed by atoms with Crippen LogP contribution < -0.4 is 5.32 Å². The highest BCUT2D eigenvalue weighted by Crippen LogP contribution is 2.41. The van der Waals surface area contributed by atoms with Crippen molar-refractivity contribution in [3.8, 4) is 10.6 Å². The molecule has 3 aromatic rings. The molecule has 0 saturated carbocycles. The molecule has 1 aromatic heterocycles. The van der Waals surface area contributed by atoms with Crippen molar-refractivity contribution in [3.63, 3.8) is 0 Å². The summed E-state index contributed by atoms with van der Waals surface area (Å²) in [4.78, 5) is 17.5. The number of aliphatic hydroxyl groups is 1. The summed E-state index contributed by atoms with van der Waals surface area (Å²) in [6, 6.07) is 17.1. The van der Waals surface area contributed by atoms with Gasteiger partial charge in [-0.2, -0.15) is 0 Å². The quantitative estimate of drug-likeness (QED) is 0.554. The molecule has 2 aromatic carbocycles. The monoisotopic (exact) mass is 428 g/mol. The van der Waals surface area contributed by atoms with E-state index < -0.39 is 17.9 Å². The Balaban J connectivity index is 1.53. The lowest BCUT2D eigenvalue weighted by Gasteiger charge is -2.33. The number of carbonyl (C=O) groups is 1. The summed E-state index contributed by atoms with van der Waals surface area (Å²) >= 11 is 7.71. The molecule has 0 aliphatic carbocycles. The molecule has 3 unspecified atom stereocenters. The van der Waals surface area contributed by atoms with Crippen LogP contribution in [0.25, 0.3) is 10.6 Å². The van der Waals surface area contributed by atoms with Crippen LogP contribution in [0, 0.1) is 0 Å². The lowest BCUT2D eigenvalue weighted by Crippen LogP contribution is -2.51. The zero-order valence-corrected chi connectivity index (χ0v) is 17.4. The van der Waals surface area contributed by atoms with E-state index in [1.165, 1.54) is 11.3 Å². The van der Waals surface area contributed by atoms with E-state index in [1.807, 2.05) is 66.9 Å². The molecule has 3 atom stereocenters. The third kappa shape index (κ3) is 4.07. The first kappa shape index (κ1) is 20.0. The largest absolute Gasteiger partial charge is 0.366 e. The number of carbonyl (C=O) groups excluding carboxylic acids is 1. The SMILES string of the molecule is CCC(NC(=O)Cc1csc(-c2ccccc2Cl)n1)(c1ccccc1)C1OC1O. The maximum Gasteiger partial charge on any atom is 0.226 e. The smallest absolute Gasteiger partial charge is 0.226 e. The molecule has 1 aliphatic heterocycles. The zero-order valence-electron chi connectivity index (χ0n) is 15.8. The third-order valence-electron chi connectivity index (χ3n) is 5.16. The van der Waals surface area contributed by atoms with Gasteiger partial charge in [0.05, 0.1) is 22.7 Å². The number of benzene rings is 2. The van der Waals surface area contributed by atoms with E-state index in [1.54, 1.807) is 0 Å². The van der Waals surface area contributed by atoms with Crippen molar-refractivity contribution < 1.29 is 14.6 Å². The molecule has 0 radical (unpaired) electrons. The van der Waals surface area contributed by atoms with Crippen LogP contribution in [0.2, 0.25) is 5.02 Å². The van der Waals surface area contributed by atoms with E-state index >= 15 is 0 Å². The van der Waals surface area contributed by atoms with E-state index in [0.29, 0.717) is 17.1 Å². The molecule has 0 spiro atoms. The number of nitrogens with one attached hydrogen (secondary N) is 1. The van der Waals surface area contributed by atoms with Crippen molar-refractivity contribution in [1.82, 2.24) is 10.3 Å². The van der Waals surface area contributed by atoms with Crippen LogP contribution in [-0.2, 0) is 21.5 Å². The average Bonchev–Trinajstić information content (AvgIpc) is 3.29. The average molecular weight is 429 g/mol. The number of halogens is 1. The number of hydrogen-bond donors (Lipinski definition) is 2. The molecule has 1 fully saturated rings. The lowest BCUT2D eigenvalue weighted by molar-refractivity contribution is -0.123. The molecule has 1 aliphatic rings. The highest BCUT2D eigenvalue weighted by Gasteiger charge is 2.55. The first-order chi connectivity index (χ1) is 14.0. The molecule has 4 rings (SSSR count). The summed E-state index contributed by atoms with van der Waals surface area (Å²) in [5.41, 5.74) is 1.66. The van der Waals surface area contributed by atoms with Gasteiger partial charge in [-0.3, -0.25) is 4.79 Å². The summed E-state index contributed by atoms with van der Waals surface area (Å²) in [5, 5.41) is 16.3. The van der Waals surface area contributed by atoms with Crippen molar-refractivity contribution in [1.29, 1.82) is 0 Å². The number of nitrogens with zero attached hydrogens (tertiary/aromatic N) is 1. The van der Waals surface area contributed by atoms with E-state index in [9.17, 15) is 9.90 Å². The fourth-order valence-electron chi connectivity index (χ4n) is 3.61. The maximum absolute atomic E-state index is 12.9. The van der Waals surface area contributed by atoms with Crippen molar-refractivity contribution >= 4 is 28.8 Å². The van der Waals surface area contributed by atoms with Gasteiger partial charge in [0, 0.05) is 10.9 Å². The number of ether oxygens (including phenoxy) is 1. The topological polar surface area (TPSA) is 74.8 Å². The Kier molecular flexibility index (Phi) is 5.69. The molecular weight excluding hydrogens is 408 g/mol. The van der Waals surface area contributed by atoms with Crippen LogP contribution in [0.5, 0.6) is 0 Å². The molecule has 1 amide bonds. The van der Waals surface area contributed by atoms with Gasteiger partial charge in [-0.05, 0) is 18.1 Å². The summed E-state index contributed by atoms with van der Waals surface area (Å²) in [5.74, 6) is -0.172. The summed E-state index contributed by atoms with van der Waals surface area (Å²) < 4.78 is 5.37. The predicted molar refractivity (Wildman–Crippen MR) is 114 cm³/mol. The first-order valence-electron chi connectivity index (χ1n) is 9.43. The highest BCUT2D eigenvalue weighted by molar-refractivity contribution is 7.13. The number of epoxide rings is 1.